The Labute approximate surface area is 116 Å². The fraction of sp³-hybridized carbons (Fsp3) is 0.600. The highest BCUT2D eigenvalue weighted by Crippen LogP contribution is 2.36. The summed E-state index contributed by atoms with van der Waals surface area (Å²) >= 11 is 0. The Balaban J connectivity index is 2.16. The van der Waals surface area contributed by atoms with Crippen LogP contribution in [0.4, 0.5) is 0 Å². The molecule has 19 heavy (non-hydrogen) atoms. The van der Waals surface area contributed by atoms with Gasteiger partial charge in [-0.15, -0.1) is 0 Å². The monoisotopic (exact) mass is 281 g/mol. The number of sulfone groups is 1. The fourth-order valence-corrected chi connectivity index (χ4v) is 4.30. The molecule has 2 rings (SSSR count). The molecule has 0 radical (unpaired) electrons. The Bertz CT molecular complexity index is 539. The quantitative estimate of drug-likeness (QED) is 0.926. The first-order chi connectivity index (χ1) is 8.89. The first kappa shape index (κ1) is 14.5. The molecule has 4 heteroatoms. The molecule has 1 saturated carbocycles. The predicted molar refractivity (Wildman–Crippen MR) is 78.7 cm³/mol. The molecule has 1 aromatic carbocycles. The van der Waals surface area contributed by atoms with Crippen LogP contribution in [0.25, 0.3) is 0 Å². The molecular formula is C15H23NO2S. The standard InChI is InChI=1S/C15H23NO2S/c1-11-6-3-4-9-14(11)15(16)12-7-5-8-13(10-12)19(2,17)18/h3-4,6,9,12-13,15H,5,7-8,10,16H2,1-2H3. The molecular weight excluding hydrogens is 258 g/mol. The van der Waals surface area contributed by atoms with Crippen LogP contribution < -0.4 is 5.73 Å². The summed E-state index contributed by atoms with van der Waals surface area (Å²) in [6.45, 7) is 2.06. The number of benzene rings is 1. The van der Waals surface area contributed by atoms with Gasteiger partial charge in [-0.05, 0) is 43.2 Å². The third kappa shape index (κ3) is 3.37. The maximum Gasteiger partial charge on any atom is 0.150 e. The molecule has 0 aromatic heterocycles. The summed E-state index contributed by atoms with van der Waals surface area (Å²) in [4.78, 5) is 0. The Hall–Kier alpha value is -0.870. The third-order valence-electron chi connectivity index (χ3n) is 4.33. The van der Waals surface area contributed by atoms with Crippen molar-refractivity contribution in [2.75, 3.05) is 6.26 Å². The molecule has 0 spiro atoms. The molecule has 106 valence electrons. The zero-order chi connectivity index (χ0) is 14.0. The van der Waals surface area contributed by atoms with E-state index in [4.69, 9.17) is 5.73 Å². The molecule has 0 saturated heterocycles. The number of aryl methyl sites for hydroxylation is 1. The summed E-state index contributed by atoms with van der Waals surface area (Å²) in [6.07, 6.45) is 4.83. The van der Waals surface area contributed by atoms with Gasteiger partial charge in [-0.3, -0.25) is 0 Å². The Morgan fingerprint density at radius 3 is 2.58 bits per heavy atom. The average Bonchev–Trinajstić information content (AvgIpc) is 2.38. The number of rotatable bonds is 3. The predicted octanol–water partition coefficient (Wildman–Crippen LogP) is 2.60. The lowest BCUT2D eigenvalue weighted by Gasteiger charge is -2.32. The van der Waals surface area contributed by atoms with Crippen molar-refractivity contribution in [2.24, 2.45) is 11.7 Å². The molecule has 3 atom stereocenters. The maximum atomic E-state index is 11.7. The van der Waals surface area contributed by atoms with Crippen LogP contribution in [0.1, 0.15) is 42.9 Å². The summed E-state index contributed by atoms with van der Waals surface area (Å²) in [6, 6.07) is 8.08. The van der Waals surface area contributed by atoms with Crippen molar-refractivity contribution >= 4 is 9.84 Å². The van der Waals surface area contributed by atoms with Crippen molar-refractivity contribution in [3.63, 3.8) is 0 Å². The molecule has 0 amide bonds. The second kappa shape index (κ2) is 5.63. The van der Waals surface area contributed by atoms with Gasteiger partial charge in [-0.2, -0.15) is 0 Å². The molecule has 1 aliphatic carbocycles. The van der Waals surface area contributed by atoms with E-state index >= 15 is 0 Å². The molecule has 3 nitrogen and oxygen atoms in total. The Morgan fingerprint density at radius 2 is 1.95 bits per heavy atom. The second-order valence-corrected chi connectivity index (χ2v) is 8.09. The van der Waals surface area contributed by atoms with Crippen LogP contribution in [0.5, 0.6) is 0 Å². The van der Waals surface area contributed by atoms with Crippen molar-refractivity contribution in [3.8, 4) is 0 Å². The van der Waals surface area contributed by atoms with Crippen molar-refractivity contribution < 1.29 is 8.42 Å². The summed E-state index contributed by atoms with van der Waals surface area (Å²) in [5, 5.41) is -0.207. The minimum Gasteiger partial charge on any atom is -0.324 e. The van der Waals surface area contributed by atoms with Gasteiger partial charge in [0.2, 0.25) is 0 Å². The average molecular weight is 281 g/mol. The van der Waals surface area contributed by atoms with Gasteiger partial charge in [0.1, 0.15) is 9.84 Å². The van der Waals surface area contributed by atoms with Gasteiger partial charge < -0.3 is 5.73 Å². The fourth-order valence-electron chi connectivity index (χ4n) is 3.11. The summed E-state index contributed by atoms with van der Waals surface area (Å²) < 4.78 is 23.4. The van der Waals surface area contributed by atoms with E-state index in [2.05, 4.69) is 19.1 Å². The van der Waals surface area contributed by atoms with E-state index in [1.165, 1.54) is 11.8 Å². The topological polar surface area (TPSA) is 60.2 Å². The van der Waals surface area contributed by atoms with Crippen LogP contribution in [-0.2, 0) is 9.84 Å². The largest absolute Gasteiger partial charge is 0.324 e. The van der Waals surface area contributed by atoms with E-state index in [1.54, 1.807) is 0 Å². The Kier molecular flexibility index (Phi) is 4.31. The molecule has 1 aromatic rings. The van der Waals surface area contributed by atoms with Gasteiger partial charge in [0, 0.05) is 12.3 Å². The van der Waals surface area contributed by atoms with E-state index in [0.29, 0.717) is 6.42 Å². The van der Waals surface area contributed by atoms with E-state index < -0.39 is 9.84 Å². The summed E-state index contributed by atoms with van der Waals surface area (Å²) in [7, 11) is -2.94. The van der Waals surface area contributed by atoms with Gasteiger partial charge in [-0.1, -0.05) is 30.7 Å². The van der Waals surface area contributed by atoms with Gasteiger partial charge in [0.15, 0.2) is 0 Å². The lowest BCUT2D eigenvalue weighted by molar-refractivity contribution is 0.308. The first-order valence-corrected chi connectivity index (χ1v) is 8.85. The van der Waals surface area contributed by atoms with Crippen LogP contribution in [0.3, 0.4) is 0 Å². The minimum atomic E-state index is -2.94. The van der Waals surface area contributed by atoms with Gasteiger partial charge in [0.05, 0.1) is 5.25 Å². The van der Waals surface area contributed by atoms with Crippen LogP contribution in [0.2, 0.25) is 0 Å². The van der Waals surface area contributed by atoms with Crippen LogP contribution >= 0.6 is 0 Å². The van der Waals surface area contributed by atoms with Crippen LogP contribution in [0, 0.1) is 12.8 Å². The van der Waals surface area contributed by atoms with Crippen LogP contribution in [0.15, 0.2) is 24.3 Å². The van der Waals surface area contributed by atoms with E-state index in [-0.39, 0.29) is 17.2 Å². The maximum absolute atomic E-state index is 11.7. The zero-order valence-corrected chi connectivity index (χ0v) is 12.5. The Morgan fingerprint density at radius 1 is 1.26 bits per heavy atom. The highest BCUT2D eigenvalue weighted by molar-refractivity contribution is 7.91. The van der Waals surface area contributed by atoms with Gasteiger partial charge in [0.25, 0.3) is 0 Å². The molecule has 2 N–H and O–H groups in total. The summed E-state index contributed by atoms with van der Waals surface area (Å²) in [5.41, 5.74) is 8.73. The molecule has 0 heterocycles. The van der Waals surface area contributed by atoms with Gasteiger partial charge >= 0.3 is 0 Å². The van der Waals surface area contributed by atoms with Crippen molar-refractivity contribution in [3.05, 3.63) is 35.4 Å². The highest BCUT2D eigenvalue weighted by Gasteiger charge is 2.32. The third-order valence-corrected chi connectivity index (χ3v) is 5.97. The van der Waals surface area contributed by atoms with Crippen molar-refractivity contribution in [1.29, 1.82) is 0 Å². The van der Waals surface area contributed by atoms with Crippen molar-refractivity contribution in [2.45, 2.75) is 43.9 Å². The summed E-state index contributed by atoms with van der Waals surface area (Å²) in [5.74, 6) is 0.273. The zero-order valence-electron chi connectivity index (χ0n) is 11.7. The van der Waals surface area contributed by atoms with Crippen LogP contribution in [-0.4, -0.2) is 19.9 Å². The smallest absolute Gasteiger partial charge is 0.150 e. The highest BCUT2D eigenvalue weighted by atomic mass is 32.2. The van der Waals surface area contributed by atoms with Gasteiger partial charge in [-0.25, -0.2) is 8.42 Å². The van der Waals surface area contributed by atoms with E-state index in [0.717, 1.165) is 24.8 Å². The minimum absolute atomic E-state index is 0.0502. The molecule has 0 bridgehead atoms. The number of nitrogens with two attached hydrogens (primary N) is 1. The van der Waals surface area contributed by atoms with E-state index in [1.807, 2.05) is 12.1 Å². The molecule has 1 fully saturated rings. The number of hydrogen-bond donors (Lipinski definition) is 1. The number of hydrogen-bond acceptors (Lipinski definition) is 3. The lowest BCUT2D eigenvalue weighted by atomic mass is 9.80. The molecule has 1 aliphatic rings. The SMILES string of the molecule is Cc1ccccc1C(N)C1CCCC(S(C)(=O)=O)C1. The first-order valence-electron chi connectivity index (χ1n) is 6.89. The van der Waals surface area contributed by atoms with E-state index in [9.17, 15) is 8.42 Å². The molecule has 0 aliphatic heterocycles. The molecule has 3 unspecified atom stereocenters. The van der Waals surface area contributed by atoms with Crippen molar-refractivity contribution in [1.82, 2.24) is 0 Å². The normalized spacial score (nSPS) is 26.1. The lowest BCUT2D eigenvalue weighted by Crippen LogP contribution is -2.33. The second-order valence-electron chi connectivity index (χ2n) is 5.76.